The first-order chi connectivity index (χ1) is 6.78. The standard InChI is InChI=1S/C6H5ClF4O3S2/c7-5-1-3-6(4-2-5)16(8,9,10,11)15(12,13)14/h1-4H,(H,12,13,14). The molecule has 0 radical (unpaired) electrons. The van der Waals surface area contributed by atoms with E-state index in [1.807, 2.05) is 0 Å². The second-order valence-corrected chi connectivity index (χ2v) is 9.90. The number of halogens is 5. The number of hydrogen-bond acceptors (Lipinski definition) is 2. The van der Waals surface area contributed by atoms with Crippen molar-refractivity contribution in [2.75, 3.05) is 0 Å². The molecule has 10 heteroatoms. The zero-order valence-corrected chi connectivity index (χ0v) is 9.67. The lowest BCUT2D eigenvalue weighted by molar-refractivity contribution is 0.432. The minimum Gasteiger partial charge on any atom is -0.273 e. The number of benzene rings is 1. The van der Waals surface area contributed by atoms with Gasteiger partial charge in [-0.1, -0.05) is 11.6 Å². The van der Waals surface area contributed by atoms with Crippen molar-refractivity contribution in [1.29, 1.82) is 0 Å². The molecule has 0 unspecified atom stereocenters. The summed E-state index contributed by atoms with van der Waals surface area (Å²) in [4.78, 5) is -2.08. The second-order valence-electron chi connectivity index (χ2n) is 2.88. The summed E-state index contributed by atoms with van der Waals surface area (Å²) in [5, 5.41) is -0.132. The third-order valence-corrected chi connectivity index (χ3v) is 7.09. The van der Waals surface area contributed by atoms with Gasteiger partial charge < -0.3 is 0 Å². The molecule has 0 aliphatic carbocycles. The largest absolute Gasteiger partial charge is 0.384 e. The third kappa shape index (κ3) is 1.77. The first-order valence-corrected chi connectivity index (χ1v) is 7.90. The van der Waals surface area contributed by atoms with Crippen molar-refractivity contribution in [3.63, 3.8) is 0 Å². The molecule has 0 amide bonds. The van der Waals surface area contributed by atoms with Crippen LogP contribution in [0.1, 0.15) is 0 Å². The summed E-state index contributed by atoms with van der Waals surface area (Å²) < 4.78 is 80.9. The first kappa shape index (κ1) is 13.6. The van der Waals surface area contributed by atoms with Crippen LogP contribution >= 0.6 is 20.5 Å². The van der Waals surface area contributed by atoms with E-state index < -0.39 is 22.9 Å². The Kier molecular flexibility index (Phi) is 2.40. The molecule has 1 aromatic rings. The van der Waals surface area contributed by atoms with Crippen molar-refractivity contribution < 1.29 is 28.5 Å². The lowest BCUT2D eigenvalue weighted by atomic mass is 10.4. The van der Waals surface area contributed by atoms with Crippen molar-refractivity contribution in [3.05, 3.63) is 29.3 Å². The van der Waals surface area contributed by atoms with Crippen LogP contribution in [-0.4, -0.2) is 13.0 Å². The Balaban J connectivity index is 3.70. The van der Waals surface area contributed by atoms with Crippen LogP contribution < -0.4 is 0 Å². The molecule has 0 aromatic heterocycles. The maximum absolute atomic E-state index is 13.1. The molecule has 0 saturated heterocycles. The van der Waals surface area contributed by atoms with Gasteiger partial charge in [-0.3, -0.25) is 4.55 Å². The van der Waals surface area contributed by atoms with Crippen LogP contribution in [0.3, 0.4) is 0 Å². The minimum atomic E-state index is -9.76. The number of rotatable bonds is 2. The van der Waals surface area contributed by atoms with Crippen LogP contribution in [0.25, 0.3) is 0 Å². The van der Waals surface area contributed by atoms with Gasteiger partial charge in [0.1, 0.15) is 0 Å². The van der Waals surface area contributed by atoms with E-state index in [9.17, 15) is 24.0 Å². The van der Waals surface area contributed by atoms with Crippen LogP contribution in [0.4, 0.5) is 15.5 Å². The van der Waals surface area contributed by atoms with Gasteiger partial charge >= 0.3 is 9.15 Å². The highest BCUT2D eigenvalue weighted by Gasteiger charge is 2.76. The minimum absolute atomic E-state index is 0.132. The van der Waals surface area contributed by atoms with Gasteiger partial charge in [-0.2, -0.15) is 8.42 Å². The summed E-state index contributed by atoms with van der Waals surface area (Å²) in [6.07, 6.45) is 0. The summed E-state index contributed by atoms with van der Waals surface area (Å²) in [6, 6.07) is 1.64. The zero-order chi connectivity index (χ0) is 12.9. The van der Waals surface area contributed by atoms with Crippen LogP contribution in [-0.2, 0) is 9.15 Å². The summed E-state index contributed by atoms with van der Waals surface area (Å²) in [5.74, 6) is 0. The van der Waals surface area contributed by atoms with E-state index >= 15 is 0 Å². The molecule has 0 spiro atoms. The quantitative estimate of drug-likeness (QED) is 0.512. The first-order valence-electron chi connectivity index (χ1n) is 3.51. The van der Waals surface area contributed by atoms with Gasteiger partial charge in [0.2, 0.25) is 0 Å². The van der Waals surface area contributed by atoms with Crippen LogP contribution in [0.15, 0.2) is 29.2 Å². The molecule has 0 atom stereocenters. The fourth-order valence-electron chi connectivity index (χ4n) is 0.817. The predicted octanol–water partition coefficient (Wildman–Crippen LogP) is 3.92. The molecular formula is C6H5ClF4O3S2. The lowest BCUT2D eigenvalue weighted by Crippen LogP contribution is -2.24. The third-order valence-electron chi connectivity index (χ3n) is 1.69. The summed E-state index contributed by atoms with van der Waals surface area (Å²) in [7, 11) is -16.6. The van der Waals surface area contributed by atoms with E-state index in [0.717, 1.165) is 0 Å². The molecule has 94 valence electrons. The van der Waals surface area contributed by atoms with Gasteiger partial charge in [-0.05, 0) is 24.3 Å². The van der Waals surface area contributed by atoms with Gasteiger partial charge in [0, 0.05) is 5.02 Å². The number of hydrogen-bond donors (Lipinski definition) is 1. The Labute approximate surface area is 92.6 Å². The topological polar surface area (TPSA) is 54.4 Å². The van der Waals surface area contributed by atoms with Gasteiger partial charge in [0.15, 0.2) is 0 Å². The highest BCUT2D eigenvalue weighted by atomic mass is 35.5. The van der Waals surface area contributed by atoms with E-state index in [2.05, 4.69) is 0 Å². The Hall–Kier alpha value is -0.510. The molecule has 0 bridgehead atoms. The van der Waals surface area contributed by atoms with Crippen molar-refractivity contribution in [2.24, 2.45) is 0 Å². The van der Waals surface area contributed by atoms with Crippen molar-refractivity contribution >= 4 is 29.6 Å². The van der Waals surface area contributed by atoms with E-state index in [1.54, 1.807) is 0 Å². The van der Waals surface area contributed by atoms with Crippen LogP contribution in [0.5, 0.6) is 0 Å². The van der Waals surface area contributed by atoms with Crippen LogP contribution in [0.2, 0.25) is 5.02 Å². The fourth-order valence-corrected chi connectivity index (χ4v) is 2.91. The average Bonchev–Trinajstić information content (AvgIpc) is 2.00. The molecule has 0 saturated carbocycles. The van der Waals surface area contributed by atoms with E-state index in [0.29, 0.717) is 12.1 Å². The average molecular weight is 301 g/mol. The van der Waals surface area contributed by atoms with E-state index in [-0.39, 0.29) is 17.2 Å². The Morgan fingerprint density at radius 2 is 1.44 bits per heavy atom. The molecule has 1 aromatic carbocycles. The molecule has 1 rings (SSSR count). The SMILES string of the molecule is O=S(=O)(O)S(F)(F)(F)(F)c1ccc(Cl)cc1. The molecular weight excluding hydrogens is 296 g/mol. The summed E-state index contributed by atoms with van der Waals surface area (Å²) >= 11 is 5.28. The molecule has 0 aliphatic rings. The van der Waals surface area contributed by atoms with E-state index in [4.69, 9.17) is 16.2 Å². The zero-order valence-electron chi connectivity index (χ0n) is 7.28. The van der Waals surface area contributed by atoms with Crippen molar-refractivity contribution in [1.82, 2.24) is 0 Å². The Morgan fingerprint density at radius 3 is 1.75 bits per heavy atom. The van der Waals surface area contributed by atoms with Gasteiger partial charge in [-0.25, -0.2) is 0 Å². The highest BCUT2D eigenvalue weighted by Crippen LogP contribution is 3.03. The fraction of sp³-hybridized carbons (Fsp3) is 0. The van der Waals surface area contributed by atoms with Crippen molar-refractivity contribution in [2.45, 2.75) is 4.90 Å². The molecule has 16 heavy (non-hydrogen) atoms. The summed E-state index contributed by atoms with van der Waals surface area (Å²) in [5.41, 5.74) is 0. The second kappa shape index (κ2) is 2.84. The predicted molar refractivity (Wildman–Crippen MR) is 53.3 cm³/mol. The van der Waals surface area contributed by atoms with Crippen molar-refractivity contribution in [3.8, 4) is 0 Å². The lowest BCUT2D eigenvalue weighted by Gasteiger charge is -2.45. The molecule has 0 fully saturated rings. The maximum Gasteiger partial charge on any atom is 0.384 e. The van der Waals surface area contributed by atoms with Gasteiger partial charge in [0.05, 0.1) is 4.90 Å². The van der Waals surface area contributed by atoms with E-state index in [1.165, 1.54) is 0 Å². The Morgan fingerprint density at radius 1 is 1.06 bits per heavy atom. The van der Waals surface area contributed by atoms with Gasteiger partial charge in [-0.15, -0.1) is 15.5 Å². The molecule has 0 aliphatic heterocycles. The molecule has 1 N–H and O–H groups in total. The molecule has 0 heterocycles. The monoisotopic (exact) mass is 300 g/mol. The summed E-state index contributed by atoms with van der Waals surface area (Å²) in [6.45, 7) is 0. The normalized spacial score (nSPS) is 17.6. The Bertz CT molecular complexity index is 532. The smallest absolute Gasteiger partial charge is 0.273 e. The highest BCUT2D eigenvalue weighted by molar-refractivity contribution is 8.99. The molecule has 3 nitrogen and oxygen atoms in total. The maximum atomic E-state index is 13.1. The van der Waals surface area contributed by atoms with Gasteiger partial charge in [0.25, 0.3) is 8.87 Å². The van der Waals surface area contributed by atoms with Crippen LogP contribution in [0, 0.1) is 0 Å².